The van der Waals surface area contributed by atoms with Crippen LogP contribution in [0.5, 0.6) is 0 Å². The molecule has 0 saturated carbocycles. The summed E-state index contributed by atoms with van der Waals surface area (Å²) in [6, 6.07) is 2.72. The Bertz CT molecular complexity index is 230. The number of ether oxygens (including phenoxy) is 1. The third kappa shape index (κ3) is 5.30. The molecule has 0 aliphatic carbocycles. The summed E-state index contributed by atoms with van der Waals surface area (Å²) in [5.74, 6) is 0. The minimum atomic E-state index is 0.513. The lowest BCUT2D eigenvalue weighted by atomic mass is 10.1. The van der Waals surface area contributed by atoms with Gasteiger partial charge < -0.3 is 10.1 Å². The van der Waals surface area contributed by atoms with Gasteiger partial charge in [-0.25, -0.2) is 0 Å². The Labute approximate surface area is 96.7 Å². The van der Waals surface area contributed by atoms with E-state index >= 15 is 0 Å². The lowest BCUT2D eigenvalue weighted by Gasteiger charge is -2.16. The van der Waals surface area contributed by atoms with E-state index < -0.39 is 0 Å². The van der Waals surface area contributed by atoms with E-state index in [0.29, 0.717) is 6.04 Å². The maximum Gasteiger partial charge on any atom is 0.0615 e. The van der Waals surface area contributed by atoms with E-state index in [1.165, 1.54) is 24.8 Å². The normalized spacial score (nSPS) is 12.9. The quantitative estimate of drug-likeness (QED) is 0.737. The molecule has 0 aliphatic rings. The molecular weight excluding hydrogens is 206 g/mol. The molecule has 0 bridgehead atoms. The van der Waals surface area contributed by atoms with Crippen molar-refractivity contribution in [3.8, 4) is 0 Å². The van der Waals surface area contributed by atoms with Gasteiger partial charge in [0, 0.05) is 13.2 Å². The van der Waals surface area contributed by atoms with Crippen LogP contribution >= 0.6 is 11.3 Å². The van der Waals surface area contributed by atoms with Gasteiger partial charge in [0.25, 0.3) is 0 Å². The number of hydrogen-bond donors (Lipinski definition) is 1. The van der Waals surface area contributed by atoms with Crippen molar-refractivity contribution in [3.63, 3.8) is 0 Å². The van der Waals surface area contributed by atoms with E-state index in [1.54, 1.807) is 18.4 Å². The smallest absolute Gasteiger partial charge is 0.0615 e. The second-order valence-electron chi connectivity index (χ2n) is 3.73. The van der Waals surface area contributed by atoms with Crippen molar-refractivity contribution in [2.45, 2.75) is 32.2 Å². The maximum atomic E-state index is 5.18. The number of likely N-dealkylation sites (N-methyl/N-ethyl adjacent to an activating group) is 1. The predicted octanol–water partition coefficient (Wildman–Crippen LogP) is 2.70. The molecule has 0 aliphatic heterocycles. The van der Waals surface area contributed by atoms with Crippen molar-refractivity contribution in [1.82, 2.24) is 5.32 Å². The fraction of sp³-hybridized carbons (Fsp3) is 0.667. The summed E-state index contributed by atoms with van der Waals surface area (Å²) in [6.45, 7) is 3.98. The molecule has 1 aromatic rings. The van der Waals surface area contributed by atoms with Crippen molar-refractivity contribution in [2.75, 3.05) is 20.3 Å². The number of hydrogen-bond acceptors (Lipinski definition) is 3. The Morgan fingerprint density at radius 3 is 3.00 bits per heavy atom. The Morgan fingerprint density at radius 1 is 1.53 bits per heavy atom. The van der Waals surface area contributed by atoms with Gasteiger partial charge in [-0.05, 0) is 48.2 Å². The topological polar surface area (TPSA) is 21.3 Å². The van der Waals surface area contributed by atoms with Crippen LogP contribution in [0.1, 0.15) is 25.3 Å². The van der Waals surface area contributed by atoms with Crippen molar-refractivity contribution in [1.29, 1.82) is 0 Å². The van der Waals surface area contributed by atoms with Crippen molar-refractivity contribution < 1.29 is 4.74 Å². The van der Waals surface area contributed by atoms with Crippen LogP contribution in [0.25, 0.3) is 0 Å². The zero-order valence-electron chi connectivity index (χ0n) is 9.66. The van der Waals surface area contributed by atoms with Gasteiger partial charge in [0.15, 0.2) is 0 Å². The van der Waals surface area contributed by atoms with E-state index in [2.05, 4.69) is 29.1 Å². The van der Waals surface area contributed by atoms with Gasteiger partial charge in [0.2, 0.25) is 0 Å². The highest BCUT2D eigenvalue weighted by Crippen LogP contribution is 2.10. The fourth-order valence-corrected chi connectivity index (χ4v) is 2.42. The minimum absolute atomic E-state index is 0.513. The van der Waals surface area contributed by atoms with E-state index in [9.17, 15) is 0 Å². The largest absolute Gasteiger partial charge is 0.383 e. The van der Waals surface area contributed by atoms with E-state index in [0.717, 1.165) is 13.2 Å². The second kappa shape index (κ2) is 7.85. The Kier molecular flexibility index (Phi) is 6.64. The summed E-state index contributed by atoms with van der Waals surface area (Å²) in [6.07, 6.45) is 3.62. The molecule has 2 nitrogen and oxygen atoms in total. The summed E-state index contributed by atoms with van der Waals surface area (Å²) < 4.78 is 5.18. The van der Waals surface area contributed by atoms with Gasteiger partial charge >= 0.3 is 0 Å². The van der Waals surface area contributed by atoms with Crippen LogP contribution in [0.3, 0.4) is 0 Å². The molecule has 1 heterocycles. The van der Waals surface area contributed by atoms with E-state index in [-0.39, 0.29) is 0 Å². The number of thiophene rings is 1. The first kappa shape index (κ1) is 12.7. The zero-order valence-corrected chi connectivity index (χ0v) is 10.5. The number of nitrogens with one attached hydrogen (secondary N) is 1. The first-order chi connectivity index (χ1) is 7.36. The van der Waals surface area contributed by atoms with Crippen LogP contribution in [0.15, 0.2) is 16.8 Å². The number of methoxy groups -OCH3 is 1. The fourth-order valence-electron chi connectivity index (χ4n) is 1.72. The van der Waals surface area contributed by atoms with Crippen molar-refractivity contribution >= 4 is 11.3 Å². The highest BCUT2D eigenvalue weighted by atomic mass is 32.1. The molecule has 0 aromatic carbocycles. The van der Waals surface area contributed by atoms with Crippen LogP contribution < -0.4 is 5.32 Å². The van der Waals surface area contributed by atoms with E-state index in [1.807, 2.05) is 0 Å². The maximum absolute atomic E-state index is 5.18. The summed E-state index contributed by atoms with van der Waals surface area (Å²) in [7, 11) is 1.77. The van der Waals surface area contributed by atoms with Crippen LogP contribution in [0.2, 0.25) is 0 Å². The van der Waals surface area contributed by atoms with Crippen molar-refractivity contribution in [3.05, 3.63) is 22.4 Å². The molecular formula is C12H21NOS. The van der Waals surface area contributed by atoms with Crippen molar-refractivity contribution in [2.24, 2.45) is 0 Å². The van der Waals surface area contributed by atoms with E-state index in [4.69, 9.17) is 4.74 Å². The Hall–Kier alpha value is -0.380. The highest BCUT2D eigenvalue weighted by Gasteiger charge is 2.06. The van der Waals surface area contributed by atoms with Crippen LogP contribution in [-0.4, -0.2) is 26.3 Å². The second-order valence-corrected chi connectivity index (χ2v) is 4.51. The third-order valence-electron chi connectivity index (χ3n) is 2.46. The summed E-state index contributed by atoms with van der Waals surface area (Å²) in [5.41, 5.74) is 1.47. The van der Waals surface area contributed by atoms with Crippen LogP contribution in [0, 0.1) is 0 Å². The van der Waals surface area contributed by atoms with Gasteiger partial charge in [-0.1, -0.05) is 6.92 Å². The molecule has 3 heteroatoms. The van der Waals surface area contributed by atoms with Gasteiger partial charge in [0.05, 0.1) is 6.61 Å². The molecule has 0 spiro atoms. The minimum Gasteiger partial charge on any atom is -0.383 e. The summed E-state index contributed by atoms with van der Waals surface area (Å²) in [4.78, 5) is 0. The lowest BCUT2D eigenvalue weighted by molar-refractivity contribution is 0.162. The number of aryl methyl sites for hydroxylation is 1. The van der Waals surface area contributed by atoms with Crippen LogP contribution in [0.4, 0.5) is 0 Å². The zero-order chi connectivity index (χ0) is 10.9. The average molecular weight is 227 g/mol. The van der Waals surface area contributed by atoms with Gasteiger partial charge in [-0.3, -0.25) is 0 Å². The Morgan fingerprint density at radius 2 is 2.40 bits per heavy atom. The SMILES string of the molecule is CCNC(CCCc1ccsc1)COC. The average Bonchev–Trinajstić information content (AvgIpc) is 2.71. The molecule has 1 rings (SSSR count). The Balaban J connectivity index is 2.15. The highest BCUT2D eigenvalue weighted by molar-refractivity contribution is 7.07. The molecule has 0 radical (unpaired) electrons. The predicted molar refractivity (Wildman–Crippen MR) is 66.6 cm³/mol. The standard InChI is InChI=1S/C12H21NOS/c1-3-13-12(9-14-2)6-4-5-11-7-8-15-10-11/h7-8,10,12-13H,3-6,9H2,1-2H3. The summed E-state index contributed by atoms with van der Waals surface area (Å²) >= 11 is 1.78. The van der Waals surface area contributed by atoms with Gasteiger partial charge in [0.1, 0.15) is 0 Å². The molecule has 0 saturated heterocycles. The molecule has 0 fully saturated rings. The first-order valence-electron chi connectivity index (χ1n) is 5.60. The molecule has 15 heavy (non-hydrogen) atoms. The number of rotatable bonds is 8. The third-order valence-corrected chi connectivity index (χ3v) is 3.19. The molecule has 1 atom stereocenters. The molecule has 86 valence electrons. The molecule has 1 unspecified atom stereocenters. The monoisotopic (exact) mass is 227 g/mol. The lowest BCUT2D eigenvalue weighted by Crippen LogP contribution is -2.33. The van der Waals surface area contributed by atoms with Crippen LogP contribution in [-0.2, 0) is 11.2 Å². The van der Waals surface area contributed by atoms with Gasteiger partial charge in [-0.15, -0.1) is 0 Å². The molecule has 0 amide bonds. The van der Waals surface area contributed by atoms with Gasteiger partial charge in [-0.2, -0.15) is 11.3 Å². The molecule has 1 aromatic heterocycles. The molecule has 1 N–H and O–H groups in total. The summed E-state index contributed by atoms with van der Waals surface area (Å²) in [5, 5.41) is 7.82. The first-order valence-corrected chi connectivity index (χ1v) is 6.54.